The van der Waals surface area contributed by atoms with Gasteiger partial charge >= 0.3 is 0 Å². The highest BCUT2D eigenvalue weighted by molar-refractivity contribution is 6.15. The maximum atomic E-state index is 12.8. The molecule has 0 aromatic heterocycles. The molecule has 1 saturated carbocycles. The van der Waals surface area contributed by atoms with E-state index in [1.807, 2.05) is 53.7 Å². The zero-order chi connectivity index (χ0) is 18.2. The van der Waals surface area contributed by atoms with E-state index in [9.17, 15) is 14.4 Å². The molecular formula is C20H27NO3. The van der Waals surface area contributed by atoms with Gasteiger partial charge in [-0.15, -0.1) is 0 Å². The lowest BCUT2D eigenvalue weighted by molar-refractivity contribution is -0.129. The van der Waals surface area contributed by atoms with Crippen LogP contribution in [0, 0.1) is 26.7 Å². The molecule has 1 aromatic carbocycles. The van der Waals surface area contributed by atoms with Gasteiger partial charge in [-0.3, -0.25) is 14.4 Å². The maximum absolute atomic E-state index is 12.8. The van der Waals surface area contributed by atoms with Crippen LogP contribution in [0.4, 0.5) is 0 Å². The Morgan fingerprint density at radius 3 is 2.17 bits per heavy atom. The largest absolute Gasteiger partial charge is 0.351 e. The summed E-state index contributed by atoms with van der Waals surface area (Å²) in [5, 5.41) is 2.86. The number of rotatable bonds is 3. The lowest BCUT2D eigenvalue weighted by atomic mass is 9.86. The first-order valence-corrected chi connectivity index (χ1v) is 8.45. The predicted molar refractivity (Wildman–Crippen MR) is 94.0 cm³/mol. The second kappa shape index (κ2) is 6.50. The van der Waals surface area contributed by atoms with E-state index in [1.165, 1.54) is 0 Å². The smallest absolute Gasteiger partial charge is 0.221 e. The predicted octanol–water partition coefficient (Wildman–Crippen LogP) is 3.16. The molecule has 1 fully saturated rings. The summed E-state index contributed by atoms with van der Waals surface area (Å²) in [4.78, 5) is 37.4. The maximum Gasteiger partial charge on any atom is 0.221 e. The van der Waals surface area contributed by atoms with Gasteiger partial charge in [-0.1, -0.05) is 17.7 Å². The number of nitrogens with one attached hydrogen (secondary N) is 1. The highest BCUT2D eigenvalue weighted by atomic mass is 16.2. The third-order valence-corrected chi connectivity index (χ3v) is 4.43. The second-order valence-electron chi connectivity index (χ2n) is 8.02. The van der Waals surface area contributed by atoms with E-state index in [-0.39, 0.29) is 35.9 Å². The molecule has 0 bridgehead atoms. The standard InChI is InChI=1S/C20H27NO3/c1-11-7-12(2)17(13(3)8-11)18-15(22)9-14(19(18)24)10-16(23)21-20(4,5)6/h7-8,14,18H,9-10H2,1-6H3,(H,21,23). The number of amides is 1. The van der Waals surface area contributed by atoms with Crippen LogP contribution in [0.3, 0.4) is 0 Å². The normalized spacial score (nSPS) is 21.2. The van der Waals surface area contributed by atoms with Crippen molar-refractivity contribution in [3.63, 3.8) is 0 Å². The van der Waals surface area contributed by atoms with Gasteiger partial charge in [0.1, 0.15) is 11.7 Å². The van der Waals surface area contributed by atoms with Gasteiger partial charge in [0.15, 0.2) is 5.78 Å². The molecule has 4 nitrogen and oxygen atoms in total. The van der Waals surface area contributed by atoms with Crippen molar-refractivity contribution in [1.29, 1.82) is 0 Å². The fourth-order valence-electron chi connectivity index (χ4n) is 3.67. The van der Waals surface area contributed by atoms with Crippen LogP contribution in [-0.4, -0.2) is 23.0 Å². The van der Waals surface area contributed by atoms with E-state index >= 15 is 0 Å². The Morgan fingerprint density at radius 2 is 1.67 bits per heavy atom. The van der Waals surface area contributed by atoms with Gasteiger partial charge < -0.3 is 5.32 Å². The highest BCUT2D eigenvalue weighted by Crippen LogP contribution is 2.37. The number of hydrogen-bond acceptors (Lipinski definition) is 3. The number of carbonyl (C=O) groups is 3. The monoisotopic (exact) mass is 329 g/mol. The van der Waals surface area contributed by atoms with Crippen LogP contribution < -0.4 is 5.32 Å². The summed E-state index contributed by atoms with van der Waals surface area (Å²) in [6, 6.07) is 4.01. The first-order chi connectivity index (χ1) is 11.0. The quantitative estimate of drug-likeness (QED) is 0.867. The number of Topliss-reactive ketones (excluding diaryl/α,β-unsaturated/α-hetero) is 2. The van der Waals surface area contributed by atoms with Crippen molar-refractivity contribution >= 4 is 17.5 Å². The van der Waals surface area contributed by atoms with Crippen LogP contribution >= 0.6 is 0 Å². The third-order valence-electron chi connectivity index (χ3n) is 4.43. The Balaban J connectivity index is 2.23. The van der Waals surface area contributed by atoms with Gasteiger partial charge in [0.05, 0.1) is 0 Å². The van der Waals surface area contributed by atoms with Crippen LogP contribution in [0.5, 0.6) is 0 Å². The lowest BCUT2D eigenvalue weighted by Gasteiger charge is -2.21. The van der Waals surface area contributed by atoms with Crippen molar-refractivity contribution in [2.75, 3.05) is 0 Å². The Labute approximate surface area is 144 Å². The minimum atomic E-state index is -0.710. The molecule has 4 heteroatoms. The molecule has 0 spiro atoms. The minimum Gasteiger partial charge on any atom is -0.351 e. The zero-order valence-corrected chi connectivity index (χ0v) is 15.4. The van der Waals surface area contributed by atoms with Gasteiger partial charge in [0.2, 0.25) is 5.91 Å². The van der Waals surface area contributed by atoms with Gasteiger partial charge in [-0.05, 0) is 58.2 Å². The molecule has 130 valence electrons. The minimum absolute atomic E-state index is 0.0661. The zero-order valence-electron chi connectivity index (χ0n) is 15.4. The molecule has 1 aliphatic rings. The molecule has 1 aromatic rings. The fraction of sp³-hybridized carbons (Fsp3) is 0.550. The SMILES string of the molecule is Cc1cc(C)c(C2C(=O)CC(CC(=O)NC(C)(C)C)C2=O)c(C)c1. The summed E-state index contributed by atoms with van der Waals surface area (Å²) in [5.74, 6) is -1.57. The van der Waals surface area contributed by atoms with Crippen molar-refractivity contribution < 1.29 is 14.4 Å². The summed E-state index contributed by atoms with van der Waals surface area (Å²) in [6.45, 7) is 11.6. The number of carbonyl (C=O) groups excluding carboxylic acids is 3. The Morgan fingerprint density at radius 1 is 1.12 bits per heavy atom. The van der Waals surface area contributed by atoms with Crippen molar-refractivity contribution in [1.82, 2.24) is 5.32 Å². The topological polar surface area (TPSA) is 63.2 Å². The molecule has 2 atom stereocenters. The summed E-state index contributed by atoms with van der Waals surface area (Å²) in [7, 11) is 0. The van der Waals surface area contributed by atoms with E-state index in [2.05, 4.69) is 5.32 Å². The van der Waals surface area contributed by atoms with Crippen molar-refractivity contribution in [2.45, 2.75) is 65.8 Å². The molecule has 0 aliphatic heterocycles. The average molecular weight is 329 g/mol. The third kappa shape index (κ3) is 3.92. The molecule has 2 unspecified atom stereocenters. The highest BCUT2D eigenvalue weighted by Gasteiger charge is 2.43. The average Bonchev–Trinajstić information content (AvgIpc) is 2.63. The molecule has 1 amide bonds. The van der Waals surface area contributed by atoms with Crippen LogP contribution in [0.15, 0.2) is 12.1 Å². The van der Waals surface area contributed by atoms with E-state index in [0.717, 1.165) is 22.3 Å². The first kappa shape index (κ1) is 18.4. The van der Waals surface area contributed by atoms with E-state index in [1.54, 1.807) is 0 Å². The van der Waals surface area contributed by atoms with Crippen LogP contribution in [-0.2, 0) is 14.4 Å². The molecule has 0 heterocycles. The molecule has 0 radical (unpaired) electrons. The second-order valence-corrected chi connectivity index (χ2v) is 8.02. The molecule has 1 aliphatic carbocycles. The number of benzene rings is 1. The molecular weight excluding hydrogens is 302 g/mol. The van der Waals surface area contributed by atoms with E-state index in [4.69, 9.17) is 0 Å². The summed E-state index contributed by atoms with van der Waals surface area (Å²) in [5.41, 5.74) is 3.55. The van der Waals surface area contributed by atoms with Crippen molar-refractivity contribution in [2.24, 2.45) is 5.92 Å². The number of hydrogen-bond donors (Lipinski definition) is 1. The summed E-state index contributed by atoms with van der Waals surface area (Å²) in [6.07, 6.45) is 0.246. The van der Waals surface area contributed by atoms with Crippen LogP contribution in [0.25, 0.3) is 0 Å². The van der Waals surface area contributed by atoms with Gasteiger partial charge in [0, 0.05) is 24.3 Å². The van der Waals surface area contributed by atoms with Crippen LogP contribution in [0.1, 0.15) is 61.8 Å². The molecule has 1 N–H and O–H groups in total. The van der Waals surface area contributed by atoms with E-state index < -0.39 is 11.8 Å². The lowest BCUT2D eigenvalue weighted by Crippen LogP contribution is -2.41. The molecule has 2 rings (SSSR count). The molecule has 24 heavy (non-hydrogen) atoms. The van der Waals surface area contributed by atoms with Gasteiger partial charge in [0.25, 0.3) is 0 Å². The molecule has 0 saturated heterocycles. The van der Waals surface area contributed by atoms with E-state index in [0.29, 0.717) is 0 Å². The van der Waals surface area contributed by atoms with Gasteiger partial charge in [-0.25, -0.2) is 0 Å². The Bertz CT molecular complexity index is 674. The summed E-state index contributed by atoms with van der Waals surface area (Å²) < 4.78 is 0. The number of aryl methyl sites for hydroxylation is 3. The first-order valence-electron chi connectivity index (χ1n) is 8.45. The number of ketones is 2. The Hall–Kier alpha value is -1.97. The fourth-order valence-corrected chi connectivity index (χ4v) is 3.67. The van der Waals surface area contributed by atoms with Gasteiger partial charge in [-0.2, -0.15) is 0 Å². The summed E-state index contributed by atoms with van der Waals surface area (Å²) >= 11 is 0. The van der Waals surface area contributed by atoms with Crippen LogP contribution in [0.2, 0.25) is 0 Å². The Kier molecular flexibility index (Phi) is 4.97. The van der Waals surface area contributed by atoms with Crippen molar-refractivity contribution in [3.05, 3.63) is 34.4 Å². The van der Waals surface area contributed by atoms with Crippen molar-refractivity contribution in [3.8, 4) is 0 Å².